The van der Waals surface area contributed by atoms with Crippen LogP contribution < -0.4 is 14.8 Å². The number of nitrogens with one attached hydrogen (secondary N) is 1. The summed E-state index contributed by atoms with van der Waals surface area (Å²) < 4.78 is 36.4. The standard InChI is InChI=1S/C18H28N2O5S/c1-4-10-26(22,23)20-9-5-6-15(13-20)18(21)19-12-14-7-8-16(24-2)17(11-14)25-3/h7-8,11,15H,4-6,9-10,12-13H2,1-3H3,(H,19,21). The Morgan fingerprint density at radius 1 is 1.27 bits per heavy atom. The Bertz CT molecular complexity index is 720. The van der Waals surface area contributed by atoms with Crippen molar-refractivity contribution in [3.05, 3.63) is 23.8 Å². The number of sulfonamides is 1. The molecule has 0 aromatic heterocycles. The van der Waals surface area contributed by atoms with Gasteiger partial charge in [-0.15, -0.1) is 0 Å². The number of carbonyl (C=O) groups is 1. The van der Waals surface area contributed by atoms with Crippen LogP contribution >= 0.6 is 0 Å². The highest BCUT2D eigenvalue weighted by atomic mass is 32.2. The second kappa shape index (κ2) is 9.23. The predicted octanol–water partition coefficient (Wildman–Crippen LogP) is 1.77. The van der Waals surface area contributed by atoms with Crippen molar-refractivity contribution >= 4 is 15.9 Å². The molecular formula is C18H28N2O5S. The van der Waals surface area contributed by atoms with Crippen molar-refractivity contribution in [3.63, 3.8) is 0 Å². The van der Waals surface area contributed by atoms with Crippen molar-refractivity contribution in [2.24, 2.45) is 5.92 Å². The topological polar surface area (TPSA) is 84.9 Å². The Balaban J connectivity index is 1.95. The molecule has 1 aliphatic heterocycles. The normalized spacial score (nSPS) is 18.3. The van der Waals surface area contributed by atoms with Crippen molar-refractivity contribution in [1.82, 2.24) is 9.62 Å². The van der Waals surface area contributed by atoms with Crippen LogP contribution in [0.4, 0.5) is 0 Å². The summed E-state index contributed by atoms with van der Waals surface area (Å²) in [4.78, 5) is 12.5. The Hall–Kier alpha value is -1.80. The van der Waals surface area contributed by atoms with Gasteiger partial charge in [-0.1, -0.05) is 13.0 Å². The second-order valence-corrected chi connectivity index (χ2v) is 8.51. The molecule has 0 aliphatic carbocycles. The van der Waals surface area contributed by atoms with E-state index in [2.05, 4.69) is 5.32 Å². The summed E-state index contributed by atoms with van der Waals surface area (Å²) in [5, 5.41) is 2.90. The molecule has 0 saturated carbocycles. The molecule has 0 spiro atoms. The first-order valence-corrected chi connectivity index (χ1v) is 10.5. The van der Waals surface area contributed by atoms with Crippen molar-refractivity contribution in [1.29, 1.82) is 0 Å². The van der Waals surface area contributed by atoms with Gasteiger partial charge in [0.05, 0.1) is 25.9 Å². The maximum atomic E-state index is 12.5. The third kappa shape index (κ3) is 5.11. The number of rotatable bonds is 8. The molecule has 1 atom stereocenters. The maximum Gasteiger partial charge on any atom is 0.224 e. The minimum Gasteiger partial charge on any atom is -0.493 e. The summed E-state index contributed by atoms with van der Waals surface area (Å²) in [6, 6.07) is 5.47. The predicted molar refractivity (Wildman–Crippen MR) is 99.8 cm³/mol. The van der Waals surface area contributed by atoms with Crippen LogP contribution in [0.3, 0.4) is 0 Å². The van der Waals surface area contributed by atoms with E-state index in [4.69, 9.17) is 9.47 Å². The molecule has 1 aromatic rings. The lowest BCUT2D eigenvalue weighted by atomic mass is 9.98. The van der Waals surface area contributed by atoms with E-state index in [1.165, 1.54) is 4.31 Å². The summed E-state index contributed by atoms with van der Waals surface area (Å²) in [5.74, 6) is 0.944. The SMILES string of the molecule is CCCS(=O)(=O)N1CCCC(C(=O)NCc2ccc(OC)c(OC)c2)C1. The van der Waals surface area contributed by atoms with Gasteiger partial charge in [-0.2, -0.15) is 0 Å². The van der Waals surface area contributed by atoms with Gasteiger partial charge in [-0.25, -0.2) is 12.7 Å². The number of benzene rings is 1. The Morgan fingerprint density at radius 2 is 2.00 bits per heavy atom. The molecule has 1 saturated heterocycles. The van der Waals surface area contributed by atoms with Crippen molar-refractivity contribution in [2.75, 3.05) is 33.1 Å². The van der Waals surface area contributed by atoms with E-state index >= 15 is 0 Å². The van der Waals surface area contributed by atoms with Crippen molar-refractivity contribution < 1.29 is 22.7 Å². The quantitative estimate of drug-likeness (QED) is 0.738. The Labute approximate surface area is 155 Å². The van der Waals surface area contributed by atoms with Crippen LogP contribution in [-0.4, -0.2) is 51.7 Å². The molecule has 8 heteroatoms. The van der Waals surface area contributed by atoms with E-state index < -0.39 is 10.0 Å². The minimum absolute atomic E-state index is 0.115. The van der Waals surface area contributed by atoms with Crippen LogP contribution in [0, 0.1) is 5.92 Å². The molecule has 1 aromatic carbocycles. The van der Waals surface area contributed by atoms with Gasteiger partial charge in [0.25, 0.3) is 0 Å². The lowest BCUT2D eigenvalue weighted by Crippen LogP contribution is -2.45. The number of hydrogen-bond donors (Lipinski definition) is 1. The van der Waals surface area contributed by atoms with Gasteiger partial charge in [0.1, 0.15) is 0 Å². The number of methoxy groups -OCH3 is 2. The average Bonchev–Trinajstić information content (AvgIpc) is 2.65. The number of hydrogen-bond acceptors (Lipinski definition) is 5. The fourth-order valence-electron chi connectivity index (χ4n) is 3.12. The summed E-state index contributed by atoms with van der Waals surface area (Å²) in [6.45, 7) is 2.97. The van der Waals surface area contributed by atoms with E-state index in [9.17, 15) is 13.2 Å². The van der Waals surface area contributed by atoms with Gasteiger partial charge in [0, 0.05) is 19.6 Å². The van der Waals surface area contributed by atoms with Crippen LogP contribution in [0.25, 0.3) is 0 Å². The third-order valence-corrected chi connectivity index (χ3v) is 6.57. The van der Waals surface area contributed by atoms with E-state index in [-0.39, 0.29) is 24.1 Å². The van der Waals surface area contributed by atoms with Crippen LogP contribution in [0.5, 0.6) is 11.5 Å². The van der Waals surface area contributed by atoms with Crippen LogP contribution in [-0.2, 0) is 21.4 Å². The van der Waals surface area contributed by atoms with Crippen LogP contribution in [0.15, 0.2) is 18.2 Å². The van der Waals surface area contributed by atoms with E-state index in [1.54, 1.807) is 20.3 Å². The zero-order chi connectivity index (χ0) is 19.2. The number of amides is 1. The smallest absolute Gasteiger partial charge is 0.224 e. The number of carbonyl (C=O) groups excluding carboxylic acids is 1. The lowest BCUT2D eigenvalue weighted by molar-refractivity contribution is -0.126. The molecule has 1 unspecified atom stereocenters. The third-order valence-electron chi connectivity index (χ3n) is 4.53. The molecule has 0 radical (unpaired) electrons. The van der Waals surface area contributed by atoms with Gasteiger partial charge in [-0.05, 0) is 37.0 Å². The number of piperidine rings is 1. The van der Waals surface area contributed by atoms with Gasteiger partial charge in [0.2, 0.25) is 15.9 Å². The van der Waals surface area contributed by atoms with Gasteiger partial charge >= 0.3 is 0 Å². The molecule has 7 nitrogen and oxygen atoms in total. The average molecular weight is 384 g/mol. The molecule has 1 amide bonds. The van der Waals surface area contributed by atoms with Gasteiger partial charge in [0.15, 0.2) is 11.5 Å². The highest BCUT2D eigenvalue weighted by Crippen LogP contribution is 2.27. The highest BCUT2D eigenvalue weighted by molar-refractivity contribution is 7.89. The Morgan fingerprint density at radius 3 is 2.65 bits per heavy atom. The second-order valence-electron chi connectivity index (χ2n) is 6.42. The molecule has 0 bridgehead atoms. The fourth-order valence-corrected chi connectivity index (χ4v) is 4.71. The molecule has 146 valence electrons. The molecule has 1 aliphatic rings. The zero-order valence-corrected chi connectivity index (χ0v) is 16.5. The molecule has 2 rings (SSSR count). The molecule has 1 N–H and O–H groups in total. The molecule has 1 heterocycles. The zero-order valence-electron chi connectivity index (χ0n) is 15.7. The van der Waals surface area contributed by atoms with Crippen molar-refractivity contribution in [2.45, 2.75) is 32.7 Å². The lowest BCUT2D eigenvalue weighted by Gasteiger charge is -2.31. The van der Waals surface area contributed by atoms with Crippen molar-refractivity contribution in [3.8, 4) is 11.5 Å². The van der Waals surface area contributed by atoms with Gasteiger partial charge < -0.3 is 14.8 Å². The highest BCUT2D eigenvalue weighted by Gasteiger charge is 2.31. The Kier molecular flexibility index (Phi) is 7.28. The van der Waals surface area contributed by atoms with Crippen LogP contribution in [0.1, 0.15) is 31.7 Å². The number of ether oxygens (including phenoxy) is 2. The van der Waals surface area contributed by atoms with E-state index in [0.29, 0.717) is 43.9 Å². The molecule has 1 fully saturated rings. The summed E-state index contributed by atoms with van der Waals surface area (Å²) in [5.41, 5.74) is 0.891. The summed E-state index contributed by atoms with van der Waals surface area (Å²) in [6.07, 6.45) is 1.99. The minimum atomic E-state index is -3.26. The fraction of sp³-hybridized carbons (Fsp3) is 0.611. The first kappa shape index (κ1) is 20.5. The first-order valence-electron chi connectivity index (χ1n) is 8.87. The molecular weight excluding hydrogens is 356 g/mol. The first-order chi connectivity index (χ1) is 12.4. The van der Waals surface area contributed by atoms with E-state index in [0.717, 1.165) is 5.56 Å². The number of nitrogens with zero attached hydrogens (tertiary/aromatic N) is 1. The summed E-state index contributed by atoms with van der Waals surface area (Å²) >= 11 is 0. The largest absolute Gasteiger partial charge is 0.493 e. The molecule has 26 heavy (non-hydrogen) atoms. The van der Waals surface area contributed by atoms with Gasteiger partial charge in [-0.3, -0.25) is 4.79 Å². The van der Waals surface area contributed by atoms with Crippen LogP contribution in [0.2, 0.25) is 0 Å². The van der Waals surface area contributed by atoms with E-state index in [1.807, 2.05) is 19.1 Å². The summed E-state index contributed by atoms with van der Waals surface area (Å²) in [7, 11) is -0.128. The maximum absolute atomic E-state index is 12.5. The monoisotopic (exact) mass is 384 g/mol.